The highest BCUT2D eigenvalue weighted by molar-refractivity contribution is 8.26. The minimum absolute atomic E-state index is 0.0831. The molecule has 1 fully saturated rings. The first-order chi connectivity index (χ1) is 12.4. The van der Waals surface area contributed by atoms with Crippen LogP contribution in [0.3, 0.4) is 0 Å². The Bertz CT molecular complexity index is 836. The Kier molecular flexibility index (Phi) is 5.14. The summed E-state index contributed by atoms with van der Waals surface area (Å²) in [4.78, 5) is 36.1. The number of thioether (sulfide) groups is 1. The number of amides is 1. The number of carboxylic acids is 2. The van der Waals surface area contributed by atoms with Gasteiger partial charge in [0.15, 0.2) is 11.5 Å². The lowest BCUT2D eigenvalue weighted by atomic mass is 10.1. The maximum atomic E-state index is 12.6. The van der Waals surface area contributed by atoms with Gasteiger partial charge in [0, 0.05) is 6.42 Å². The number of ether oxygens (including phenoxy) is 2. The zero-order valence-electron chi connectivity index (χ0n) is 13.2. The highest BCUT2D eigenvalue weighted by Gasteiger charge is 2.40. The summed E-state index contributed by atoms with van der Waals surface area (Å²) in [6, 6.07) is 3.83. The Morgan fingerprint density at radius 1 is 1.31 bits per heavy atom. The zero-order valence-corrected chi connectivity index (χ0v) is 14.8. The van der Waals surface area contributed by atoms with Crippen LogP contribution in [-0.2, 0) is 14.4 Å². The minimum atomic E-state index is -1.32. The summed E-state index contributed by atoms with van der Waals surface area (Å²) in [7, 11) is 0. The van der Waals surface area contributed by atoms with Gasteiger partial charge in [0.2, 0.25) is 6.79 Å². The second-order valence-corrected chi connectivity index (χ2v) is 7.13. The van der Waals surface area contributed by atoms with E-state index in [1.807, 2.05) is 0 Å². The van der Waals surface area contributed by atoms with E-state index in [1.165, 1.54) is 0 Å². The molecule has 136 valence electrons. The molecule has 0 spiro atoms. The molecule has 10 heteroatoms. The number of carbonyl (C=O) groups is 3. The van der Waals surface area contributed by atoms with Crippen molar-refractivity contribution in [2.24, 2.45) is 0 Å². The number of fused-ring (bicyclic) bond motifs is 1. The van der Waals surface area contributed by atoms with Gasteiger partial charge in [-0.2, -0.15) is 0 Å². The molecule has 0 bridgehead atoms. The second kappa shape index (κ2) is 7.34. The summed E-state index contributed by atoms with van der Waals surface area (Å²) in [5.74, 6) is -1.84. The monoisotopic (exact) mass is 395 g/mol. The number of carbonyl (C=O) groups excluding carboxylic acids is 1. The predicted molar refractivity (Wildman–Crippen MR) is 95.9 cm³/mol. The molecular weight excluding hydrogens is 382 g/mol. The molecule has 2 aliphatic rings. The molecule has 1 atom stereocenters. The third-order valence-corrected chi connectivity index (χ3v) is 5.08. The molecule has 0 aliphatic carbocycles. The average Bonchev–Trinajstić information content (AvgIpc) is 3.13. The van der Waals surface area contributed by atoms with Crippen molar-refractivity contribution in [2.45, 2.75) is 18.9 Å². The first-order valence-electron chi connectivity index (χ1n) is 7.48. The first kappa shape index (κ1) is 18.2. The van der Waals surface area contributed by atoms with Crippen LogP contribution >= 0.6 is 24.0 Å². The Labute approximate surface area is 157 Å². The predicted octanol–water partition coefficient (Wildman–Crippen LogP) is 1.93. The van der Waals surface area contributed by atoms with Crippen LogP contribution < -0.4 is 9.47 Å². The number of nitrogens with zero attached hydrogens (tertiary/aromatic N) is 1. The van der Waals surface area contributed by atoms with Crippen molar-refractivity contribution in [3.63, 3.8) is 0 Å². The van der Waals surface area contributed by atoms with Crippen molar-refractivity contribution < 1.29 is 34.1 Å². The van der Waals surface area contributed by atoms with Crippen molar-refractivity contribution >= 4 is 52.2 Å². The number of hydrogen-bond acceptors (Lipinski definition) is 7. The lowest BCUT2D eigenvalue weighted by Crippen LogP contribution is -2.44. The van der Waals surface area contributed by atoms with Crippen LogP contribution in [0.5, 0.6) is 11.5 Å². The summed E-state index contributed by atoms with van der Waals surface area (Å²) in [5.41, 5.74) is 0.673. The van der Waals surface area contributed by atoms with Gasteiger partial charge in [-0.3, -0.25) is 14.5 Å². The number of benzene rings is 1. The van der Waals surface area contributed by atoms with Gasteiger partial charge >= 0.3 is 11.9 Å². The van der Waals surface area contributed by atoms with E-state index in [4.69, 9.17) is 26.8 Å². The number of thiocarbonyl (C=S) groups is 1. The number of carboxylic acid groups (broad SMARTS) is 2. The van der Waals surface area contributed by atoms with E-state index >= 15 is 0 Å². The second-order valence-electron chi connectivity index (χ2n) is 5.45. The van der Waals surface area contributed by atoms with Crippen molar-refractivity contribution in [1.29, 1.82) is 0 Å². The van der Waals surface area contributed by atoms with Gasteiger partial charge in [-0.25, -0.2) is 4.79 Å². The largest absolute Gasteiger partial charge is 0.481 e. The van der Waals surface area contributed by atoms with Crippen LogP contribution in [0.1, 0.15) is 18.4 Å². The molecule has 2 heterocycles. The molecule has 2 aliphatic heterocycles. The fraction of sp³-hybridized carbons (Fsp3) is 0.250. The topological polar surface area (TPSA) is 113 Å². The lowest BCUT2D eigenvalue weighted by Gasteiger charge is -2.22. The molecule has 1 aromatic carbocycles. The molecule has 26 heavy (non-hydrogen) atoms. The van der Waals surface area contributed by atoms with Crippen LogP contribution in [0.25, 0.3) is 6.08 Å². The molecular formula is C16H13NO7S2. The standard InChI is InChI=1S/C16H13NO7S2/c18-13(19)4-2-9(15(21)22)17-14(20)12(26-16(17)25)6-8-1-3-10-11(5-8)24-7-23-10/h1,3,5-6,9H,2,4,7H2,(H,18,19)(H,21,22)/b12-6+/t9-/m0/s1. The maximum Gasteiger partial charge on any atom is 0.326 e. The van der Waals surface area contributed by atoms with Gasteiger partial charge in [-0.05, 0) is 30.2 Å². The van der Waals surface area contributed by atoms with E-state index in [-0.39, 0.29) is 28.9 Å². The SMILES string of the molecule is O=C(O)CC[C@@H](C(=O)O)N1C(=O)/C(=C\c2ccc3c(c2)OCO3)SC1=S. The van der Waals surface area contributed by atoms with Crippen LogP contribution in [0.2, 0.25) is 0 Å². The minimum Gasteiger partial charge on any atom is -0.481 e. The molecule has 0 radical (unpaired) electrons. The van der Waals surface area contributed by atoms with Gasteiger partial charge in [0.05, 0.1) is 4.91 Å². The van der Waals surface area contributed by atoms with Gasteiger partial charge < -0.3 is 19.7 Å². The van der Waals surface area contributed by atoms with E-state index in [0.29, 0.717) is 17.1 Å². The molecule has 3 rings (SSSR count). The normalized spacial score (nSPS) is 18.5. The molecule has 1 aromatic rings. The van der Waals surface area contributed by atoms with E-state index in [0.717, 1.165) is 16.7 Å². The Balaban J connectivity index is 1.83. The van der Waals surface area contributed by atoms with Crippen molar-refractivity contribution in [3.05, 3.63) is 28.7 Å². The molecule has 0 aromatic heterocycles. The van der Waals surface area contributed by atoms with Crippen LogP contribution in [0.4, 0.5) is 0 Å². The average molecular weight is 395 g/mol. The summed E-state index contributed by atoms with van der Waals surface area (Å²) >= 11 is 6.11. The smallest absolute Gasteiger partial charge is 0.326 e. The number of hydrogen-bond donors (Lipinski definition) is 2. The summed E-state index contributed by atoms with van der Waals surface area (Å²) in [5, 5.41) is 18.1. The first-order valence-corrected chi connectivity index (χ1v) is 8.70. The zero-order chi connectivity index (χ0) is 18.8. The number of rotatable bonds is 6. The highest BCUT2D eigenvalue weighted by atomic mass is 32.2. The molecule has 2 N–H and O–H groups in total. The van der Waals surface area contributed by atoms with Gasteiger partial charge in [0.1, 0.15) is 10.4 Å². The summed E-state index contributed by atoms with van der Waals surface area (Å²) in [6.07, 6.45) is 0.973. The third-order valence-electron chi connectivity index (χ3n) is 3.75. The summed E-state index contributed by atoms with van der Waals surface area (Å²) < 4.78 is 10.6. The van der Waals surface area contributed by atoms with Crippen molar-refractivity contribution in [3.8, 4) is 11.5 Å². The Hall–Kier alpha value is -2.59. The van der Waals surface area contributed by atoms with Gasteiger partial charge in [-0.1, -0.05) is 30.0 Å². The maximum absolute atomic E-state index is 12.6. The van der Waals surface area contributed by atoms with E-state index in [1.54, 1.807) is 24.3 Å². The van der Waals surface area contributed by atoms with Crippen molar-refractivity contribution in [2.75, 3.05) is 6.79 Å². The van der Waals surface area contributed by atoms with E-state index in [9.17, 15) is 19.5 Å². The summed E-state index contributed by atoms with van der Waals surface area (Å²) in [6.45, 7) is 0.130. The lowest BCUT2D eigenvalue weighted by molar-refractivity contribution is -0.146. The third kappa shape index (κ3) is 3.65. The van der Waals surface area contributed by atoms with Crippen LogP contribution in [0, 0.1) is 0 Å². The fourth-order valence-corrected chi connectivity index (χ4v) is 3.88. The molecule has 8 nitrogen and oxygen atoms in total. The van der Waals surface area contributed by atoms with Crippen LogP contribution in [-0.4, -0.2) is 50.1 Å². The van der Waals surface area contributed by atoms with Gasteiger partial charge in [-0.15, -0.1) is 0 Å². The number of aliphatic carboxylic acids is 2. The fourth-order valence-electron chi connectivity index (χ4n) is 2.53. The van der Waals surface area contributed by atoms with E-state index < -0.39 is 23.9 Å². The van der Waals surface area contributed by atoms with Crippen molar-refractivity contribution in [1.82, 2.24) is 4.90 Å². The Morgan fingerprint density at radius 2 is 2.04 bits per heavy atom. The Morgan fingerprint density at radius 3 is 2.73 bits per heavy atom. The van der Waals surface area contributed by atoms with Gasteiger partial charge in [0.25, 0.3) is 5.91 Å². The quantitative estimate of drug-likeness (QED) is 0.551. The van der Waals surface area contributed by atoms with Crippen LogP contribution in [0.15, 0.2) is 23.1 Å². The molecule has 0 unspecified atom stereocenters. The molecule has 1 saturated heterocycles. The van der Waals surface area contributed by atoms with E-state index in [2.05, 4.69) is 0 Å². The highest BCUT2D eigenvalue weighted by Crippen LogP contribution is 2.37. The molecule has 0 saturated carbocycles. The molecule has 1 amide bonds.